The molecule has 4 heteroatoms. The van der Waals surface area contributed by atoms with E-state index in [1.54, 1.807) is 0 Å². The minimum atomic E-state index is 0.625. The van der Waals surface area contributed by atoms with E-state index in [2.05, 4.69) is 59.4 Å². The van der Waals surface area contributed by atoms with E-state index in [9.17, 15) is 0 Å². The molecule has 2 heterocycles. The molecule has 0 spiro atoms. The van der Waals surface area contributed by atoms with E-state index in [1.165, 1.54) is 73.8 Å². The largest absolute Gasteiger partial charge is 0.345 e. The number of pyridine rings is 2. The van der Waals surface area contributed by atoms with E-state index in [0.29, 0.717) is 10.7 Å². The van der Waals surface area contributed by atoms with E-state index >= 15 is 0 Å². The van der Waals surface area contributed by atoms with Gasteiger partial charge in [0.25, 0.3) is 0 Å². The molecule has 0 aliphatic carbocycles. The van der Waals surface area contributed by atoms with Gasteiger partial charge in [-0.25, -0.2) is 0 Å². The zero-order valence-corrected chi connectivity index (χ0v) is 20.7. The Kier molecular flexibility index (Phi) is 7.99. The van der Waals surface area contributed by atoms with Crippen LogP contribution in [0.25, 0.3) is 21.8 Å². The molecule has 0 bridgehead atoms. The highest BCUT2D eigenvalue weighted by molar-refractivity contribution is 5.79. The lowest BCUT2D eigenvalue weighted by molar-refractivity contribution is 0.526. The molecule has 0 saturated heterocycles. The van der Waals surface area contributed by atoms with Crippen LogP contribution in [0, 0.1) is 24.7 Å². The predicted octanol–water partition coefficient (Wildman–Crippen LogP) is 6.99. The molecular formula is C30H38N4. The molecule has 2 aromatic carbocycles. The molecule has 0 saturated carbocycles. The number of nitrogens with zero attached hydrogens (tertiary/aromatic N) is 2. The van der Waals surface area contributed by atoms with Gasteiger partial charge >= 0.3 is 0 Å². The van der Waals surface area contributed by atoms with Crippen molar-refractivity contribution in [1.29, 1.82) is 10.8 Å². The topological polar surface area (TPSA) is 57.6 Å². The summed E-state index contributed by atoms with van der Waals surface area (Å²) < 4.78 is 4.76. The monoisotopic (exact) mass is 454 g/mol. The maximum atomic E-state index is 8.22. The molecule has 0 unspecified atom stereocenters. The van der Waals surface area contributed by atoms with Gasteiger partial charge in [-0.15, -0.1) is 0 Å². The first-order chi connectivity index (χ1) is 16.6. The summed E-state index contributed by atoms with van der Waals surface area (Å²) in [7, 11) is 0. The van der Waals surface area contributed by atoms with Crippen molar-refractivity contribution in [3.8, 4) is 0 Å². The first-order valence-corrected chi connectivity index (χ1v) is 12.8. The summed E-state index contributed by atoms with van der Waals surface area (Å²) in [5, 5.41) is 19.8. The van der Waals surface area contributed by atoms with E-state index in [-0.39, 0.29) is 0 Å². The molecule has 2 aromatic heterocycles. The zero-order valence-electron chi connectivity index (χ0n) is 20.7. The van der Waals surface area contributed by atoms with Crippen LogP contribution in [-0.4, -0.2) is 9.13 Å². The minimum absolute atomic E-state index is 0.625. The lowest BCUT2D eigenvalue weighted by Crippen LogP contribution is -2.12. The van der Waals surface area contributed by atoms with Gasteiger partial charge in [0.2, 0.25) is 0 Å². The Morgan fingerprint density at radius 2 is 0.882 bits per heavy atom. The quantitative estimate of drug-likeness (QED) is 0.229. The van der Waals surface area contributed by atoms with Gasteiger partial charge in [-0.05, 0) is 51.0 Å². The molecule has 34 heavy (non-hydrogen) atoms. The Morgan fingerprint density at radius 1 is 0.529 bits per heavy atom. The molecule has 4 nitrogen and oxygen atoms in total. The van der Waals surface area contributed by atoms with Crippen molar-refractivity contribution in [2.45, 2.75) is 78.3 Å². The minimum Gasteiger partial charge on any atom is -0.345 e. The van der Waals surface area contributed by atoms with Crippen molar-refractivity contribution in [2.24, 2.45) is 0 Å². The third kappa shape index (κ3) is 5.49. The Hall–Kier alpha value is -3.14. The summed E-state index contributed by atoms with van der Waals surface area (Å²) in [6, 6.07) is 20.6. The summed E-state index contributed by atoms with van der Waals surface area (Å²) >= 11 is 0. The van der Waals surface area contributed by atoms with Gasteiger partial charge in [-0.3, -0.25) is 0 Å². The normalized spacial score (nSPS) is 11.5. The zero-order chi connectivity index (χ0) is 23.9. The number of fused-ring (bicyclic) bond motifs is 2. The van der Waals surface area contributed by atoms with Crippen LogP contribution in [0.3, 0.4) is 0 Å². The molecule has 0 aliphatic heterocycles. The highest BCUT2D eigenvalue weighted by atomic mass is 15.0. The maximum Gasteiger partial charge on any atom is 0.0650 e. The third-order valence-corrected chi connectivity index (χ3v) is 7.04. The Balaban J connectivity index is 1.16. The molecule has 2 N–H and O–H groups in total. The average molecular weight is 455 g/mol. The highest BCUT2D eigenvalue weighted by Gasteiger charge is 2.05. The fourth-order valence-electron chi connectivity index (χ4n) is 5.18. The van der Waals surface area contributed by atoms with Crippen LogP contribution in [0.15, 0.2) is 60.7 Å². The molecule has 4 aromatic rings. The summed E-state index contributed by atoms with van der Waals surface area (Å²) in [4.78, 5) is 0. The number of rotatable bonds is 11. The predicted molar refractivity (Wildman–Crippen MR) is 142 cm³/mol. The number of nitrogens with one attached hydrogen (secondary N) is 2. The molecule has 0 radical (unpaired) electrons. The van der Waals surface area contributed by atoms with Crippen molar-refractivity contribution in [3.63, 3.8) is 0 Å². The Morgan fingerprint density at radius 3 is 1.29 bits per heavy atom. The average Bonchev–Trinajstić information content (AvgIpc) is 2.83. The number of benzene rings is 2. The fourth-order valence-corrected chi connectivity index (χ4v) is 5.18. The van der Waals surface area contributed by atoms with Crippen molar-refractivity contribution in [1.82, 2.24) is 9.13 Å². The van der Waals surface area contributed by atoms with Crippen molar-refractivity contribution in [2.75, 3.05) is 0 Å². The molecule has 178 valence electrons. The van der Waals surface area contributed by atoms with Crippen molar-refractivity contribution in [3.05, 3.63) is 82.8 Å². The maximum absolute atomic E-state index is 8.22. The number of para-hydroxylation sites is 2. The SMILES string of the molecule is Cc1cc(=N)c2ccccc2n1CCCCCCCCCCn1c(C)cc(=N)c2ccccc21. The molecule has 4 rings (SSSR count). The smallest absolute Gasteiger partial charge is 0.0650 e. The van der Waals surface area contributed by atoms with Crippen LogP contribution in [0.2, 0.25) is 0 Å². The van der Waals surface area contributed by atoms with Gasteiger partial charge in [0.1, 0.15) is 0 Å². The molecular weight excluding hydrogens is 416 g/mol. The standard InChI is InChI=1S/C30H38N4/c1-23-21-27(31)25-15-9-11-17-29(25)33(23)19-13-7-5-3-4-6-8-14-20-34-24(2)22-28(32)26-16-10-12-18-30(26)34/h9-12,15-18,21-22,31-32H,3-8,13-14,19-20H2,1-2H3. The van der Waals surface area contributed by atoms with Crippen LogP contribution in [-0.2, 0) is 13.1 Å². The van der Waals surface area contributed by atoms with Crippen molar-refractivity contribution >= 4 is 21.8 Å². The van der Waals surface area contributed by atoms with E-state index in [1.807, 2.05) is 24.3 Å². The third-order valence-electron chi connectivity index (χ3n) is 7.04. The Bertz CT molecular complexity index is 1270. The molecule has 0 amide bonds. The number of aryl methyl sites for hydroxylation is 4. The molecule has 0 aliphatic rings. The van der Waals surface area contributed by atoms with E-state index < -0.39 is 0 Å². The van der Waals surface area contributed by atoms with Crippen LogP contribution in [0.4, 0.5) is 0 Å². The van der Waals surface area contributed by atoms with Gasteiger partial charge in [0.15, 0.2) is 0 Å². The second kappa shape index (κ2) is 11.3. The van der Waals surface area contributed by atoms with Gasteiger partial charge in [-0.2, -0.15) is 0 Å². The highest BCUT2D eigenvalue weighted by Crippen LogP contribution is 2.17. The van der Waals surface area contributed by atoms with E-state index in [0.717, 1.165) is 23.9 Å². The van der Waals surface area contributed by atoms with Crippen LogP contribution < -0.4 is 10.7 Å². The summed E-state index contributed by atoms with van der Waals surface area (Å²) in [6.07, 6.45) is 10.2. The Labute approximate surface area is 202 Å². The lowest BCUT2D eigenvalue weighted by atomic mass is 10.1. The lowest BCUT2D eigenvalue weighted by Gasteiger charge is -2.15. The van der Waals surface area contributed by atoms with Gasteiger partial charge < -0.3 is 20.0 Å². The van der Waals surface area contributed by atoms with Gasteiger partial charge in [0.05, 0.1) is 21.7 Å². The second-order valence-electron chi connectivity index (χ2n) is 9.56. The first-order valence-electron chi connectivity index (χ1n) is 12.8. The van der Waals surface area contributed by atoms with Gasteiger partial charge in [-0.1, -0.05) is 74.9 Å². The summed E-state index contributed by atoms with van der Waals surface area (Å²) in [5.74, 6) is 0. The molecule has 0 atom stereocenters. The van der Waals surface area contributed by atoms with Gasteiger partial charge in [0, 0.05) is 35.2 Å². The summed E-state index contributed by atoms with van der Waals surface area (Å²) in [6.45, 7) is 6.31. The van der Waals surface area contributed by atoms with Crippen LogP contribution >= 0.6 is 0 Å². The van der Waals surface area contributed by atoms with Crippen LogP contribution in [0.1, 0.15) is 62.8 Å². The van der Waals surface area contributed by atoms with E-state index in [4.69, 9.17) is 10.8 Å². The second-order valence-corrected chi connectivity index (χ2v) is 9.56. The number of hydrogen-bond donors (Lipinski definition) is 2. The molecule has 0 fully saturated rings. The summed E-state index contributed by atoms with van der Waals surface area (Å²) in [5.41, 5.74) is 4.74. The van der Waals surface area contributed by atoms with Crippen LogP contribution in [0.5, 0.6) is 0 Å². The number of unbranched alkanes of at least 4 members (excludes halogenated alkanes) is 7. The fraction of sp³-hybridized carbons (Fsp3) is 0.400. The first kappa shape index (κ1) is 24.0. The number of hydrogen-bond acceptors (Lipinski definition) is 2. The van der Waals surface area contributed by atoms with Crippen molar-refractivity contribution < 1.29 is 0 Å². The number of aromatic nitrogens is 2.